The number of hydrogen-bond donors (Lipinski definition) is 3. The third-order valence-corrected chi connectivity index (χ3v) is 7.01. The minimum absolute atomic E-state index is 0.168. The number of primary amides is 1. The van der Waals surface area contributed by atoms with E-state index in [-0.39, 0.29) is 32.0 Å². The van der Waals surface area contributed by atoms with E-state index in [0.717, 1.165) is 31.2 Å². The molecule has 10 nitrogen and oxygen atoms in total. The van der Waals surface area contributed by atoms with Gasteiger partial charge in [0.1, 0.15) is 0 Å². The zero-order valence-electron chi connectivity index (χ0n) is 18.9. The molecular formula is C23H34N5O5+. The number of nitrogens with zero attached hydrogens (tertiary/aromatic N) is 3. The molecule has 2 heterocycles. The van der Waals surface area contributed by atoms with Crippen LogP contribution in [0.15, 0.2) is 24.5 Å². The number of carbonyl (C=O) groups excluding carboxylic acids is 4. The van der Waals surface area contributed by atoms with Crippen LogP contribution in [-0.2, 0) is 20.8 Å². The van der Waals surface area contributed by atoms with Crippen LogP contribution in [0.1, 0.15) is 50.5 Å². The quantitative estimate of drug-likeness (QED) is 0.208. The predicted octanol–water partition coefficient (Wildman–Crippen LogP) is 1.37. The largest absolute Gasteiger partial charge is 0.424 e. The lowest BCUT2D eigenvalue weighted by Gasteiger charge is -2.36. The number of pyridine rings is 1. The third kappa shape index (κ3) is 5.75. The van der Waals surface area contributed by atoms with Gasteiger partial charge in [-0.1, -0.05) is 25.7 Å². The number of likely N-dealkylation sites (tertiary alicyclic amines) is 1. The molecule has 33 heavy (non-hydrogen) atoms. The lowest BCUT2D eigenvalue weighted by molar-refractivity contribution is -0.779. The van der Waals surface area contributed by atoms with Gasteiger partial charge in [-0.3, -0.25) is 19.8 Å². The summed E-state index contributed by atoms with van der Waals surface area (Å²) < 4.78 is -0.699. The van der Waals surface area contributed by atoms with Crippen LogP contribution >= 0.6 is 0 Å². The number of quaternary nitrogens is 1. The Morgan fingerprint density at radius 3 is 2.55 bits per heavy atom. The molecule has 1 saturated carbocycles. The molecule has 3 rings (SSSR count). The van der Waals surface area contributed by atoms with Crippen LogP contribution in [-0.4, -0.2) is 69.7 Å². The fourth-order valence-corrected chi connectivity index (χ4v) is 5.38. The van der Waals surface area contributed by atoms with Crippen molar-refractivity contribution in [1.82, 2.24) is 15.4 Å². The molecular weight excluding hydrogens is 426 g/mol. The van der Waals surface area contributed by atoms with Crippen molar-refractivity contribution in [2.75, 3.05) is 19.6 Å². The molecule has 180 valence electrons. The maximum Gasteiger partial charge on any atom is 0.424 e. The molecule has 4 N–H and O–H groups in total. The van der Waals surface area contributed by atoms with Crippen LogP contribution in [0.5, 0.6) is 0 Å². The van der Waals surface area contributed by atoms with E-state index in [0.29, 0.717) is 30.7 Å². The van der Waals surface area contributed by atoms with Crippen molar-refractivity contribution in [1.29, 1.82) is 0 Å². The number of imide groups is 1. The second-order valence-electron chi connectivity index (χ2n) is 9.14. The zero-order chi connectivity index (χ0) is 23.8. The van der Waals surface area contributed by atoms with E-state index in [4.69, 9.17) is 5.73 Å². The van der Waals surface area contributed by atoms with Gasteiger partial charge in [0, 0.05) is 31.8 Å². The van der Waals surface area contributed by atoms with Crippen molar-refractivity contribution in [3.8, 4) is 0 Å². The first-order valence-electron chi connectivity index (χ1n) is 11.7. The zero-order valence-corrected chi connectivity index (χ0v) is 18.9. The minimum atomic E-state index is -0.965. The first-order valence-corrected chi connectivity index (χ1v) is 11.7. The van der Waals surface area contributed by atoms with Crippen molar-refractivity contribution in [3.63, 3.8) is 0 Å². The molecule has 0 radical (unpaired) electrons. The smallest absolute Gasteiger partial charge is 0.364 e. The van der Waals surface area contributed by atoms with Crippen LogP contribution in [0.4, 0.5) is 4.79 Å². The Morgan fingerprint density at radius 2 is 1.91 bits per heavy atom. The van der Waals surface area contributed by atoms with Gasteiger partial charge in [0.05, 0.1) is 19.0 Å². The van der Waals surface area contributed by atoms with Crippen molar-refractivity contribution in [3.05, 3.63) is 30.1 Å². The SMILES string of the molecule is NC(=O)[C@@H]1CCC[N+]1(C(=O)NCCc1ccncc1)C(=O)[C@H](CC1CCCC1)CN(O)C=O. The highest BCUT2D eigenvalue weighted by Gasteiger charge is 2.58. The fraction of sp³-hybridized carbons (Fsp3) is 0.609. The summed E-state index contributed by atoms with van der Waals surface area (Å²) in [6.45, 7) is 0.241. The average Bonchev–Trinajstić information content (AvgIpc) is 3.49. The van der Waals surface area contributed by atoms with E-state index in [1.807, 2.05) is 12.1 Å². The number of nitrogens with two attached hydrogens (primary N) is 1. The van der Waals surface area contributed by atoms with E-state index in [2.05, 4.69) is 10.3 Å². The topological polar surface area (TPSA) is 143 Å². The van der Waals surface area contributed by atoms with Crippen molar-refractivity contribution < 1.29 is 28.9 Å². The fourth-order valence-electron chi connectivity index (χ4n) is 5.38. The summed E-state index contributed by atoms with van der Waals surface area (Å²) in [6, 6.07) is 2.17. The van der Waals surface area contributed by atoms with Gasteiger partial charge in [-0.05, 0) is 36.5 Å². The van der Waals surface area contributed by atoms with Crippen LogP contribution in [0.3, 0.4) is 0 Å². The first-order chi connectivity index (χ1) is 15.9. The number of rotatable bonds is 10. The van der Waals surface area contributed by atoms with E-state index in [9.17, 15) is 24.4 Å². The molecule has 2 aliphatic rings. The molecule has 2 fully saturated rings. The number of hydrogen-bond acceptors (Lipinski definition) is 6. The molecule has 1 aromatic rings. The number of nitrogens with one attached hydrogen (secondary N) is 1. The van der Waals surface area contributed by atoms with Crippen LogP contribution in [0.25, 0.3) is 0 Å². The molecule has 10 heteroatoms. The lowest BCUT2D eigenvalue weighted by Crippen LogP contribution is -2.68. The monoisotopic (exact) mass is 460 g/mol. The molecule has 0 aromatic carbocycles. The molecule has 0 spiro atoms. The lowest BCUT2D eigenvalue weighted by atomic mass is 9.90. The van der Waals surface area contributed by atoms with Crippen molar-refractivity contribution in [2.24, 2.45) is 17.6 Å². The Balaban J connectivity index is 1.83. The van der Waals surface area contributed by atoms with Crippen molar-refractivity contribution >= 4 is 24.3 Å². The standard InChI is InChI=1S/C23H33N5O5/c24-21(30)20-6-3-13-28(20,23(32)26-12-9-17-7-10-25-11-8-17)22(31)19(15-27(33)16-29)14-18-4-1-2-5-18/h7-8,10-11,16,18-20,33H,1-6,9,12-15H2,(H2-,24,26,30,32)/p+1/t19-,20+,28?/m1/s1. The van der Waals surface area contributed by atoms with Crippen LogP contribution < -0.4 is 11.1 Å². The minimum Gasteiger partial charge on any atom is -0.364 e. The maximum absolute atomic E-state index is 13.9. The molecule has 0 bridgehead atoms. The molecule has 1 aliphatic carbocycles. The third-order valence-electron chi connectivity index (χ3n) is 7.01. The molecule has 1 saturated heterocycles. The highest BCUT2D eigenvalue weighted by molar-refractivity contribution is 5.91. The number of urea groups is 1. The summed E-state index contributed by atoms with van der Waals surface area (Å²) >= 11 is 0. The molecule has 3 atom stereocenters. The Kier molecular flexibility index (Phi) is 8.51. The highest BCUT2D eigenvalue weighted by atomic mass is 16.5. The molecule has 1 aromatic heterocycles. The predicted molar refractivity (Wildman–Crippen MR) is 118 cm³/mol. The van der Waals surface area contributed by atoms with E-state index in [1.54, 1.807) is 12.4 Å². The van der Waals surface area contributed by atoms with Gasteiger partial charge in [0.2, 0.25) is 6.41 Å². The normalized spacial score (nSPS) is 23.7. The van der Waals surface area contributed by atoms with Gasteiger partial charge >= 0.3 is 11.9 Å². The van der Waals surface area contributed by atoms with Gasteiger partial charge < -0.3 is 11.1 Å². The average molecular weight is 461 g/mol. The van der Waals surface area contributed by atoms with Gasteiger partial charge in [-0.2, -0.15) is 4.48 Å². The molecule has 1 unspecified atom stereocenters. The number of hydroxylamine groups is 2. The number of aromatic nitrogens is 1. The summed E-state index contributed by atoms with van der Waals surface area (Å²) in [5.74, 6) is -1.64. The Bertz CT molecular complexity index is 845. The van der Waals surface area contributed by atoms with Crippen molar-refractivity contribution in [2.45, 2.75) is 57.4 Å². The van der Waals surface area contributed by atoms with E-state index < -0.39 is 34.3 Å². The highest BCUT2D eigenvalue weighted by Crippen LogP contribution is 2.36. The second kappa shape index (κ2) is 11.3. The first kappa shape index (κ1) is 24.8. The maximum atomic E-state index is 13.9. The van der Waals surface area contributed by atoms with Crippen LogP contribution in [0, 0.1) is 11.8 Å². The Morgan fingerprint density at radius 1 is 1.21 bits per heavy atom. The van der Waals surface area contributed by atoms with E-state index >= 15 is 0 Å². The molecule has 5 amide bonds. The Hall–Kier alpha value is -2.85. The summed E-state index contributed by atoms with van der Waals surface area (Å²) in [7, 11) is 0. The second-order valence-corrected chi connectivity index (χ2v) is 9.14. The van der Waals surface area contributed by atoms with Gasteiger partial charge in [-0.25, -0.2) is 14.7 Å². The summed E-state index contributed by atoms with van der Waals surface area (Å²) in [5, 5.41) is 13.2. The van der Waals surface area contributed by atoms with E-state index in [1.165, 1.54) is 0 Å². The van der Waals surface area contributed by atoms with Gasteiger partial charge in [0.25, 0.3) is 5.91 Å². The Labute approximate surface area is 193 Å². The van der Waals surface area contributed by atoms with Crippen LogP contribution in [0.2, 0.25) is 0 Å². The summed E-state index contributed by atoms with van der Waals surface area (Å²) in [6.07, 6.45) is 9.51. The van der Waals surface area contributed by atoms with Gasteiger partial charge in [0.15, 0.2) is 6.04 Å². The molecule has 1 aliphatic heterocycles. The summed E-state index contributed by atoms with van der Waals surface area (Å²) in [5.41, 5.74) is 6.63. The van der Waals surface area contributed by atoms with Gasteiger partial charge in [-0.15, -0.1) is 0 Å². The number of carbonyl (C=O) groups is 4. The summed E-state index contributed by atoms with van der Waals surface area (Å²) in [4.78, 5) is 54.8. The number of amides is 5.